The van der Waals surface area contributed by atoms with Crippen molar-refractivity contribution in [2.45, 2.75) is 28.8 Å². The van der Waals surface area contributed by atoms with Gasteiger partial charge >= 0.3 is 0 Å². The van der Waals surface area contributed by atoms with Crippen LogP contribution in [0.3, 0.4) is 0 Å². The van der Waals surface area contributed by atoms with Crippen molar-refractivity contribution >= 4 is 36.6 Å². The van der Waals surface area contributed by atoms with E-state index >= 15 is 17.6 Å². The van der Waals surface area contributed by atoms with Crippen LogP contribution in [-0.4, -0.2) is 7.11 Å². The van der Waals surface area contributed by atoms with E-state index in [0.29, 0.717) is 26.9 Å². The molecule has 0 spiro atoms. The number of anilines is 2. The number of rotatable bonds is 8. The monoisotopic (exact) mass is 544 g/mol. The van der Waals surface area contributed by atoms with Gasteiger partial charge in [-0.1, -0.05) is 18.2 Å². The molecule has 0 heterocycles. The van der Waals surface area contributed by atoms with E-state index in [-0.39, 0.29) is 0 Å². The van der Waals surface area contributed by atoms with Crippen molar-refractivity contribution in [2.75, 3.05) is 17.7 Å². The molecule has 192 valence electrons. The Bertz CT molecular complexity index is 1390. The lowest BCUT2D eigenvalue weighted by atomic mass is 9.91. The Morgan fingerprint density at radius 1 is 0.649 bits per heavy atom. The molecule has 0 bridgehead atoms. The van der Waals surface area contributed by atoms with Crippen molar-refractivity contribution in [3.8, 4) is 5.75 Å². The summed E-state index contributed by atoms with van der Waals surface area (Å²) in [5, 5.41) is 6.15. The largest absolute Gasteiger partial charge is 0.497 e. The first-order chi connectivity index (χ1) is 17.7. The molecule has 0 aliphatic heterocycles. The minimum Gasteiger partial charge on any atom is -0.497 e. The summed E-state index contributed by atoms with van der Waals surface area (Å²) in [6, 6.07) is 14.3. The summed E-state index contributed by atoms with van der Waals surface area (Å²) < 4.78 is 66.1. The van der Waals surface area contributed by atoms with Gasteiger partial charge in [0.25, 0.3) is 0 Å². The quantitative estimate of drug-likeness (QED) is 0.134. The van der Waals surface area contributed by atoms with E-state index in [1.54, 1.807) is 36.4 Å². The molecule has 0 aliphatic rings. The number of hydrogen-bond donors (Lipinski definition) is 4. The van der Waals surface area contributed by atoms with Crippen molar-refractivity contribution in [3.63, 3.8) is 0 Å². The van der Waals surface area contributed by atoms with Gasteiger partial charge in [0.15, 0.2) is 0 Å². The molecular formula is C28H24F4N2OS2. The maximum atomic E-state index is 15.2. The van der Waals surface area contributed by atoms with E-state index in [2.05, 4.69) is 35.9 Å². The van der Waals surface area contributed by atoms with Gasteiger partial charge in [-0.05, 0) is 67.1 Å². The van der Waals surface area contributed by atoms with Gasteiger partial charge in [-0.15, -0.1) is 25.3 Å². The second-order valence-electron chi connectivity index (χ2n) is 8.42. The molecule has 4 aromatic rings. The average molecular weight is 545 g/mol. The van der Waals surface area contributed by atoms with Gasteiger partial charge < -0.3 is 15.4 Å². The van der Waals surface area contributed by atoms with E-state index in [9.17, 15) is 0 Å². The third-order valence-corrected chi connectivity index (χ3v) is 6.67. The molecule has 0 fully saturated rings. The Balaban J connectivity index is 1.94. The van der Waals surface area contributed by atoms with Gasteiger partial charge in [-0.2, -0.15) is 0 Å². The summed E-state index contributed by atoms with van der Waals surface area (Å²) in [4.78, 5) is 0.896. The highest BCUT2D eigenvalue weighted by atomic mass is 32.1. The van der Waals surface area contributed by atoms with Crippen molar-refractivity contribution in [1.82, 2.24) is 0 Å². The van der Waals surface area contributed by atoms with Crippen LogP contribution in [0.2, 0.25) is 0 Å². The van der Waals surface area contributed by atoms with Crippen LogP contribution in [0.1, 0.15) is 28.8 Å². The second-order valence-corrected chi connectivity index (χ2v) is 9.38. The summed E-state index contributed by atoms with van der Waals surface area (Å²) in [5.74, 6) is -3.02. The van der Waals surface area contributed by atoms with E-state index in [0.717, 1.165) is 29.8 Å². The third kappa shape index (κ3) is 5.83. The Morgan fingerprint density at radius 2 is 1.08 bits per heavy atom. The lowest BCUT2D eigenvalue weighted by Crippen LogP contribution is -2.29. The molecule has 37 heavy (non-hydrogen) atoms. The molecule has 2 atom stereocenters. The molecule has 0 amide bonds. The molecule has 0 radical (unpaired) electrons. The third-order valence-electron chi connectivity index (χ3n) is 5.93. The van der Waals surface area contributed by atoms with Crippen LogP contribution in [0, 0.1) is 30.2 Å². The number of benzene rings is 4. The molecule has 0 saturated carbocycles. The molecule has 0 saturated heterocycles. The first-order valence-corrected chi connectivity index (χ1v) is 12.2. The first kappa shape index (κ1) is 26.8. The van der Waals surface area contributed by atoms with Crippen LogP contribution >= 0.6 is 25.3 Å². The van der Waals surface area contributed by atoms with Gasteiger partial charge in [-0.25, -0.2) is 17.6 Å². The fraction of sp³-hybridized carbons (Fsp3) is 0.143. The van der Waals surface area contributed by atoms with Crippen molar-refractivity contribution in [3.05, 3.63) is 113 Å². The average Bonchev–Trinajstić information content (AvgIpc) is 2.85. The lowest BCUT2D eigenvalue weighted by molar-refractivity contribution is 0.413. The topological polar surface area (TPSA) is 33.3 Å². The lowest BCUT2D eigenvalue weighted by Gasteiger charge is -2.33. The number of nitrogens with one attached hydrogen (secondary N) is 2. The van der Waals surface area contributed by atoms with Crippen molar-refractivity contribution in [1.29, 1.82) is 0 Å². The minimum atomic E-state index is -1.33. The van der Waals surface area contributed by atoms with Crippen molar-refractivity contribution < 1.29 is 22.3 Å². The van der Waals surface area contributed by atoms with E-state index in [1.807, 2.05) is 6.92 Å². The van der Waals surface area contributed by atoms with Crippen LogP contribution < -0.4 is 15.4 Å². The van der Waals surface area contributed by atoms with Crippen LogP contribution in [0.25, 0.3) is 0 Å². The Morgan fingerprint density at radius 3 is 1.49 bits per heavy atom. The maximum Gasteiger partial charge on any atom is 0.131 e. The SMILES string of the molecule is COc1ccc(NC(c2c(F)cccc2F)C(Nc2ccc(C)cc2S)c2c(F)cccc2F)c(S)c1. The highest BCUT2D eigenvalue weighted by Crippen LogP contribution is 2.41. The van der Waals surface area contributed by atoms with Crippen LogP contribution in [0.5, 0.6) is 5.75 Å². The number of methoxy groups -OCH3 is 1. The molecule has 4 rings (SSSR count). The molecule has 0 aromatic heterocycles. The van der Waals surface area contributed by atoms with E-state index in [1.165, 1.54) is 19.2 Å². The number of ether oxygens (including phenoxy) is 1. The smallest absolute Gasteiger partial charge is 0.131 e. The number of hydrogen-bond acceptors (Lipinski definition) is 5. The predicted octanol–water partition coefficient (Wildman–Crippen LogP) is 8.14. The van der Waals surface area contributed by atoms with E-state index in [4.69, 9.17) is 4.74 Å². The standard InChI is InChI=1S/C28H24F4N2OS2/c1-15-9-11-21(23(36)13-15)33-27(25-17(29)5-3-6-18(25)30)28(26-19(31)7-4-8-20(26)32)34-22-12-10-16(35-2)14-24(22)37/h3-14,27-28,33-34,36-37H,1-2H3. The summed E-state index contributed by atoms with van der Waals surface area (Å²) >= 11 is 8.97. The van der Waals surface area contributed by atoms with E-state index < -0.39 is 46.5 Å². The van der Waals surface area contributed by atoms with Gasteiger partial charge in [0, 0.05) is 32.3 Å². The molecule has 2 unspecified atom stereocenters. The van der Waals surface area contributed by atoms with Crippen LogP contribution in [-0.2, 0) is 0 Å². The van der Waals surface area contributed by atoms with Gasteiger partial charge in [0.1, 0.15) is 29.0 Å². The molecule has 0 aliphatic carbocycles. The molecule has 2 N–H and O–H groups in total. The fourth-order valence-electron chi connectivity index (χ4n) is 4.12. The number of halogens is 4. The number of aryl methyl sites for hydroxylation is 1. The van der Waals surface area contributed by atoms with Gasteiger partial charge in [-0.3, -0.25) is 0 Å². The second kappa shape index (κ2) is 11.4. The molecule has 3 nitrogen and oxygen atoms in total. The van der Waals surface area contributed by atoms with Crippen LogP contribution in [0.4, 0.5) is 28.9 Å². The fourth-order valence-corrected chi connectivity index (χ4v) is 4.73. The molecular weight excluding hydrogens is 520 g/mol. The van der Waals surface area contributed by atoms with Crippen molar-refractivity contribution in [2.24, 2.45) is 0 Å². The molecule has 4 aromatic carbocycles. The van der Waals surface area contributed by atoms with Gasteiger partial charge in [0.05, 0.1) is 19.2 Å². The summed E-state index contributed by atoms with van der Waals surface area (Å²) in [6.45, 7) is 1.87. The highest BCUT2D eigenvalue weighted by molar-refractivity contribution is 7.80. The Labute approximate surface area is 223 Å². The zero-order chi connectivity index (χ0) is 26.7. The molecule has 9 heteroatoms. The summed E-state index contributed by atoms with van der Waals surface area (Å²) in [6.07, 6.45) is 0. The Kier molecular flexibility index (Phi) is 8.24. The summed E-state index contributed by atoms with van der Waals surface area (Å²) in [5.41, 5.74) is 0.905. The minimum absolute atomic E-state index is 0.371. The highest BCUT2D eigenvalue weighted by Gasteiger charge is 2.34. The van der Waals surface area contributed by atoms with Gasteiger partial charge in [0.2, 0.25) is 0 Å². The first-order valence-electron chi connectivity index (χ1n) is 11.3. The normalized spacial score (nSPS) is 12.6. The van der Waals surface area contributed by atoms with Crippen LogP contribution in [0.15, 0.2) is 82.6 Å². The Hall–Kier alpha value is -3.30. The zero-order valence-corrected chi connectivity index (χ0v) is 21.7. The summed E-state index contributed by atoms with van der Waals surface area (Å²) in [7, 11) is 1.49. The maximum absolute atomic E-state index is 15.2. The predicted molar refractivity (Wildman–Crippen MR) is 144 cm³/mol. The number of thiol groups is 2. The zero-order valence-electron chi connectivity index (χ0n) is 19.9.